The standard InChI is InChI=1S/C23H23N7O2/c1-17-3-2-4-20(13-17)27-9-11-28(12-10-27)22-21-14-26-29(23(21)25-16-24-22)15-18-5-7-19(8-6-18)30(31)32/h2-8,13-14,16H,9-12,15H2,1H3. The van der Waals surface area contributed by atoms with E-state index in [4.69, 9.17) is 0 Å². The van der Waals surface area contributed by atoms with E-state index in [1.807, 2.05) is 10.9 Å². The summed E-state index contributed by atoms with van der Waals surface area (Å²) >= 11 is 0. The highest BCUT2D eigenvalue weighted by atomic mass is 16.6. The van der Waals surface area contributed by atoms with Gasteiger partial charge < -0.3 is 9.80 Å². The van der Waals surface area contributed by atoms with Crippen LogP contribution in [0.25, 0.3) is 11.0 Å². The first kappa shape index (κ1) is 19.9. The van der Waals surface area contributed by atoms with Crippen molar-refractivity contribution in [3.8, 4) is 0 Å². The molecule has 1 aliphatic heterocycles. The molecule has 3 heterocycles. The lowest BCUT2D eigenvalue weighted by molar-refractivity contribution is -0.384. The van der Waals surface area contributed by atoms with Gasteiger partial charge in [0.05, 0.1) is 23.1 Å². The van der Waals surface area contributed by atoms with Crippen LogP contribution < -0.4 is 9.80 Å². The number of non-ortho nitro benzene ring substituents is 1. The first-order chi connectivity index (χ1) is 15.6. The molecule has 0 spiro atoms. The van der Waals surface area contributed by atoms with E-state index in [0.717, 1.165) is 48.6 Å². The predicted octanol–water partition coefficient (Wildman–Crippen LogP) is 3.42. The van der Waals surface area contributed by atoms with Crippen LogP contribution >= 0.6 is 0 Å². The van der Waals surface area contributed by atoms with Crippen LogP contribution in [0.1, 0.15) is 11.1 Å². The van der Waals surface area contributed by atoms with Crippen molar-refractivity contribution in [3.63, 3.8) is 0 Å². The van der Waals surface area contributed by atoms with Gasteiger partial charge in [-0.2, -0.15) is 5.10 Å². The third-order valence-electron chi connectivity index (χ3n) is 5.84. The lowest BCUT2D eigenvalue weighted by Gasteiger charge is -2.37. The van der Waals surface area contributed by atoms with Gasteiger partial charge in [0.15, 0.2) is 5.65 Å². The molecule has 0 N–H and O–H groups in total. The summed E-state index contributed by atoms with van der Waals surface area (Å²) < 4.78 is 1.81. The van der Waals surface area contributed by atoms with Crippen LogP contribution in [-0.4, -0.2) is 50.9 Å². The molecule has 0 saturated carbocycles. The van der Waals surface area contributed by atoms with Gasteiger partial charge in [-0.1, -0.05) is 24.3 Å². The van der Waals surface area contributed by atoms with E-state index >= 15 is 0 Å². The maximum Gasteiger partial charge on any atom is 0.269 e. The van der Waals surface area contributed by atoms with Gasteiger partial charge in [-0.15, -0.1) is 0 Å². The number of fused-ring (bicyclic) bond motifs is 1. The molecule has 4 aromatic rings. The number of hydrogen-bond acceptors (Lipinski definition) is 7. The highest BCUT2D eigenvalue weighted by Gasteiger charge is 2.21. The van der Waals surface area contributed by atoms with E-state index in [1.165, 1.54) is 23.4 Å². The molecule has 0 atom stereocenters. The van der Waals surface area contributed by atoms with Crippen LogP contribution in [-0.2, 0) is 6.54 Å². The van der Waals surface area contributed by atoms with Gasteiger partial charge in [0, 0.05) is 44.0 Å². The minimum absolute atomic E-state index is 0.0773. The summed E-state index contributed by atoms with van der Waals surface area (Å²) in [6.45, 7) is 6.18. The molecule has 0 aliphatic carbocycles. The van der Waals surface area contributed by atoms with Gasteiger partial charge in [-0.05, 0) is 30.2 Å². The number of aromatic nitrogens is 4. The lowest BCUT2D eigenvalue weighted by Crippen LogP contribution is -2.46. The molecule has 162 valence electrons. The first-order valence-electron chi connectivity index (χ1n) is 10.5. The second-order valence-electron chi connectivity index (χ2n) is 7.97. The quantitative estimate of drug-likeness (QED) is 0.354. The summed E-state index contributed by atoms with van der Waals surface area (Å²) in [4.78, 5) is 24.2. The molecule has 32 heavy (non-hydrogen) atoms. The highest BCUT2D eigenvalue weighted by molar-refractivity contribution is 5.86. The molecule has 1 aliphatic rings. The lowest BCUT2D eigenvalue weighted by atomic mass is 10.2. The fourth-order valence-corrected chi connectivity index (χ4v) is 4.15. The van der Waals surface area contributed by atoms with Gasteiger partial charge in [0.25, 0.3) is 5.69 Å². The number of anilines is 2. The number of nitro groups is 1. The van der Waals surface area contributed by atoms with Crippen molar-refractivity contribution in [2.24, 2.45) is 0 Å². The van der Waals surface area contributed by atoms with Crippen LogP contribution in [0.15, 0.2) is 61.1 Å². The Balaban J connectivity index is 1.34. The number of aryl methyl sites for hydroxylation is 1. The molecule has 0 unspecified atom stereocenters. The number of piperazine rings is 1. The topological polar surface area (TPSA) is 93.2 Å². The summed E-state index contributed by atoms with van der Waals surface area (Å²) in [5, 5.41) is 16.3. The fourth-order valence-electron chi connectivity index (χ4n) is 4.15. The molecule has 0 radical (unpaired) electrons. The molecule has 5 rings (SSSR count). The molecule has 9 nitrogen and oxygen atoms in total. The van der Waals surface area contributed by atoms with Crippen molar-refractivity contribution < 1.29 is 4.92 Å². The average molecular weight is 429 g/mol. The fraction of sp³-hybridized carbons (Fsp3) is 0.261. The van der Waals surface area contributed by atoms with Crippen molar-refractivity contribution in [1.29, 1.82) is 0 Å². The Labute approximate surface area is 185 Å². The third-order valence-corrected chi connectivity index (χ3v) is 5.84. The van der Waals surface area contributed by atoms with Gasteiger partial charge in [-0.25, -0.2) is 14.6 Å². The molecule has 9 heteroatoms. The first-order valence-corrected chi connectivity index (χ1v) is 10.5. The van der Waals surface area contributed by atoms with Gasteiger partial charge in [-0.3, -0.25) is 10.1 Å². The largest absolute Gasteiger partial charge is 0.368 e. The Morgan fingerprint density at radius 1 is 1.00 bits per heavy atom. The number of benzene rings is 2. The van der Waals surface area contributed by atoms with Crippen LogP contribution in [0.2, 0.25) is 0 Å². The Morgan fingerprint density at radius 2 is 1.75 bits per heavy atom. The SMILES string of the molecule is Cc1cccc(N2CCN(c3ncnc4c3cnn4Cc3ccc([N+](=O)[O-])cc3)CC2)c1. The summed E-state index contributed by atoms with van der Waals surface area (Å²) in [7, 11) is 0. The Hall–Kier alpha value is -4.01. The van der Waals surface area contributed by atoms with Crippen molar-refractivity contribution in [1.82, 2.24) is 19.7 Å². The number of rotatable bonds is 5. The van der Waals surface area contributed by atoms with Crippen LogP contribution in [0.4, 0.5) is 17.2 Å². The second-order valence-corrected chi connectivity index (χ2v) is 7.97. The van der Waals surface area contributed by atoms with Crippen molar-refractivity contribution >= 4 is 28.2 Å². The van der Waals surface area contributed by atoms with Gasteiger partial charge in [0.2, 0.25) is 0 Å². The number of nitro benzene ring substituents is 1. The van der Waals surface area contributed by atoms with E-state index in [-0.39, 0.29) is 5.69 Å². The van der Waals surface area contributed by atoms with Crippen LogP contribution in [0.3, 0.4) is 0 Å². The highest BCUT2D eigenvalue weighted by Crippen LogP contribution is 2.26. The zero-order valence-electron chi connectivity index (χ0n) is 17.8. The van der Waals surface area contributed by atoms with E-state index < -0.39 is 4.92 Å². The van der Waals surface area contributed by atoms with E-state index in [9.17, 15) is 10.1 Å². The van der Waals surface area contributed by atoms with Crippen LogP contribution in [0.5, 0.6) is 0 Å². The minimum atomic E-state index is -0.398. The smallest absolute Gasteiger partial charge is 0.269 e. The molecule has 2 aromatic carbocycles. The zero-order valence-corrected chi connectivity index (χ0v) is 17.8. The predicted molar refractivity (Wildman–Crippen MR) is 123 cm³/mol. The second kappa shape index (κ2) is 8.26. The molecular weight excluding hydrogens is 406 g/mol. The summed E-state index contributed by atoms with van der Waals surface area (Å²) in [5.74, 6) is 0.897. The number of hydrogen-bond donors (Lipinski definition) is 0. The molecule has 0 bridgehead atoms. The van der Waals surface area contributed by atoms with Gasteiger partial charge in [0.1, 0.15) is 12.1 Å². The third kappa shape index (κ3) is 3.84. The monoisotopic (exact) mass is 429 g/mol. The molecule has 1 saturated heterocycles. The van der Waals surface area contributed by atoms with E-state index in [0.29, 0.717) is 6.54 Å². The van der Waals surface area contributed by atoms with E-state index in [2.05, 4.69) is 56.1 Å². The summed E-state index contributed by atoms with van der Waals surface area (Å²) in [6, 6.07) is 15.1. The van der Waals surface area contributed by atoms with Crippen molar-refractivity contribution in [2.75, 3.05) is 36.0 Å². The Morgan fingerprint density at radius 3 is 2.47 bits per heavy atom. The van der Waals surface area contributed by atoms with Crippen molar-refractivity contribution in [3.05, 3.63) is 82.3 Å². The maximum absolute atomic E-state index is 10.9. The van der Waals surface area contributed by atoms with Crippen LogP contribution in [0, 0.1) is 17.0 Å². The van der Waals surface area contributed by atoms with Crippen molar-refractivity contribution in [2.45, 2.75) is 13.5 Å². The molecule has 2 aromatic heterocycles. The number of nitrogens with zero attached hydrogens (tertiary/aromatic N) is 7. The summed E-state index contributed by atoms with van der Waals surface area (Å²) in [5.41, 5.74) is 4.28. The zero-order chi connectivity index (χ0) is 22.1. The summed E-state index contributed by atoms with van der Waals surface area (Å²) in [6.07, 6.45) is 3.39. The average Bonchev–Trinajstić information content (AvgIpc) is 3.22. The van der Waals surface area contributed by atoms with Gasteiger partial charge >= 0.3 is 0 Å². The molecule has 0 amide bonds. The maximum atomic E-state index is 10.9. The minimum Gasteiger partial charge on any atom is -0.368 e. The molecular formula is C23H23N7O2. The normalized spacial score (nSPS) is 14.2. The Kier molecular flexibility index (Phi) is 5.14. The van der Waals surface area contributed by atoms with E-state index in [1.54, 1.807) is 18.5 Å². The Bertz CT molecular complexity index is 1260. The molecule has 1 fully saturated rings.